The number of nitrogens with one attached hydrogen (secondary N) is 2. The lowest BCUT2D eigenvalue weighted by Crippen LogP contribution is -2.47. The van der Waals surface area contributed by atoms with Gasteiger partial charge >= 0.3 is 0 Å². The molecular formula is C31H38N4O2S. The predicted octanol–water partition coefficient (Wildman–Crippen LogP) is 6.51. The Morgan fingerprint density at radius 3 is 2.42 bits per heavy atom. The Labute approximate surface area is 229 Å². The van der Waals surface area contributed by atoms with E-state index in [1.165, 1.54) is 4.88 Å². The maximum Gasteiger partial charge on any atom is 0.252 e. The van der Waals surface area contributed by atoms with Crippen LogP contribution in [0.3, 0.4) is 0 Å². The van der Waals surface area contributed by atoms with Crippen LogP contribution in [-0.2, 0) is 17.8 Å². The summed E-state index contributed by atoms with van der Waals surface area (Å²) < 4.78 is 2.34. The second-order valence-corrected chi connectivity index (χ2v) is 11.2. The maximum atomic E-state index is 13.3. The summed E-state index contributed by atoms with van der Waals surface area (Å²) in [5.41, 5.74) is 3.39. The number of rotatable bonds is 12. The van der Waals surface area contributed by atoms with Gasteiger partial charge in [0.15, 0.2) is 0 Å². The average Bonchev–Trinajstić information content (AvgIpc) is 3.55. The van der Waals surface area contributed by atoms with Gasteiger partial charge in [-0.1, -0.05) is 64.1 Å². The molecule has 2 heterocycles. The number of imidazole rings is 1. The van der Waals surface area contributed by atoms with Crippen LogP contribution in [0.2, 0.25) is 0 Å². The average molecular weight is 531 g/mol. The Morgan fingerprint density at radius 2 is 1.76 bits per heavy atom. The normalized spacial score (nSPS) is 12.3. The number of carbonyl (C=O) groups excluding carboxylic acids is 2. The van der Waals surface area contributed by atoms with Crippen LogP contribution in [0.4, 0.5) is 0 Å². The van der Waals surface area contributed by atoms with Crippen molar-refractivity contribution < 1.29 is 9.59 Å². The number of fused-ring (bicyclic) bond motifs is 1. The molecule has 4 rings (SSSR count). The monoisotopic (exact) mass is 530 g/mol. The zero-order chi connectivity index (χ0) is 27.1. The van der Waals surface area contributed by atoms with Crippen molar-refractivity contribution in [3.05, 3.63) is 87.9 Å². The third-order valence-corrected chi connectivity index (χ3v) is 7.76. The van der Waals surface area contributed by atoms with Crippen LogP contribution in [0.1, 0.15) is 79.6 Å². The standard InChI is InChI=1S/C31H38N4O2S/c1-5-24(6-2)35-28-15-14-23(18-26(28)33-29(35)19-25-13-10-16-38-25)30(36)34-27(17-21(3)4)31(37)32-20-22-11-8-7-9-12-22/h7-16,18,21,24,27H,5-6,17,19-20H2,1-4H3,(H,32,37)(H,34,36). The Morgan fingerprint density at radius 1 is 1.00 bits per heavy atom. The first kappa shape index (κ1) is 27.6. The quantitative estimate of drug-likeness (QED) is 0.219. The summed E-state index contributed by atoms with van der Waals surface area (Å²) in [4.78, 5) is 32.6. The second-order valence-electron chi connectivity index (χ2n) is 10.2. The first-order chi connectivity index (χ1) is 18.4. The van der Waals surface area contributed by atoms with E-state index in [-0.39, 0.29) is 17.7 Å². The van der Waals surface area contributed by atoms with Gasteiger partial charge in [0.1, 0.15) is 11.9 Å². The highest BCUT2D eigenvalue weighted by molar-refractivity contribution is 7.09. The topological polar surface area (TPSA) is 76.0 Å². The molecule has 0 saturated heterocycles. The van der Waals surface area contributed by atoms with Crippen LogP contribution in [0.25, 0.3) is 11.0 Å². The highest BCUT2D eigenvalue weighted by Crippen LogP contribution is 2.28. The summed E-state index contributed by atoms with van der Waals surface area (Å²) >= 11 is 1.73. The van der Waals surface area contributed by atoms with E-state index in [1.807, 2.05) is 48.5 Å². The summed E-state index contributed by atoms with van der Waals surface area (Å²) in [6.07, 6.45) is 3.35. The van der Waals surface area contributed by atoms with Crippen molar-refractivity contribution >= 4 is 34.2 Å². The van der Waals surface area contributed by atoms with Crippen LogP contribution < -0.4 is 10.6 Å². The number of amides is 2. The zero-order valence-electron chi connectivity index (χ0n) is 22.7. The van der Waals surface area contributed by atoms with Crippen molar-refractivity contribution in [2.75, 3.05) is 0 Å². The van der Waals surface area contributed by atoms with Crippen molar-refractivity contribution in [3.8, 4) is 0 Å². The van der Waals surface area contributed by atoms with E-state index in [2.05, 4.69) is 60.4 Å². The van der Waals surface area contributed by atoms with E-state index in [9.17, 15) is 9.59 Å². The molecule has 1 atom stereocenters. The van der Waals surface area contributed by atoms with E-state index in [4.69, 9.17) is 4.98 Å². The number of benzene rings is 2. The second kappa shape index (κ2) is 12.9. The third-order valence-electron chi connectivity index (χ3n) is 6.88. The van der Waals surface area contributed by atoms with Gasteiger partial charge in [-0.3, -0.25) is 9.59 Å². The van der Waals surface area contributed by atoms with Gasteiger partial charge in [-0.2, -0.15) is 0 Å². The Balaban J connectivity index is 1.56. The molecule has 0 aliphatic rings. The van der Waals surface area contributed by atoms with E-state index in [1.54, 1.807) is 11.3 Å². The van der Waals surface area contributed by atoms with Gasteiger partial charge in [0.25, 0.3) is 5.91 Å². The lowest BCUT2D eigenvalue weighted by Gasteiger charge is -2.20. The number of hydrogen-bond donors (Lipinski definition) is 2. The zero-order valence-corrected chi connectivity index (χ0v) is 23.6. The van der Waals surface area contributed by atoms with Crippen LogP contribution in [0.15, 0.2) is 66.0 Å². The first-order valence-electron chi connectivity index (χ1n) is 13.5. The number of hydrogen-bond acceptors (Lipinski definition) is 4. The van der Waals surface area contributed by atoms with Gasteiger partial charge < -0.3 is 15.2 Å². The lowest BCUT2D eigenvalue weighted by molar-refractivity contribution is -0.123. The van der Waals surface area contributed by atoms with Crippen molar-refractivity contribution in [1.29, 1.82) is 0 Å². The van der Waals surface area contributed by atoms with Gasteiger partial charge in [-0.05, 0) is 60.4 Å². The summed E-state index contributed by atoms with van der Waals surface area (Å²) in [6.45, 7) is 8.93. The SMILES string of the molecule is CCC(CC)n1c(Cc2cccs2)nc2cc(C(=O)NC(CC(C)C)C(=O)NCc3ccccc3)ccc21. The molecule has 200 valence electrons. The Hall–Kier alpha value is -3.45. The summed E-state index contributed by atoms with van der Waals surface area (Å²) in [5, 5.41) is 8.05. The minimum Gasteiger partial charge on any atom is -0.350 e. The number of nitrogens with zero attached hydrogens (tertiary/aromatic N) is 2. The molecule has 0 fully saturated rings. The largest absolute Gasteiger partial charge is 0.350 e. The van der Waals surface area contributed by atoms with Crippen LogP contribution in [0, 0.1) is 5.92 Å². The molecule has 0 saturated carbocycles. The molecule has 2 aromatic heterocycles. The number of thiophene rings is 1. The van der Waals surface area contributed by atoms with Gasteiger partial charge in [-0.25, -0.2) is 4.98 Å². The summed E-state index contributed by atoms with van der Waals surface area (Å²) in [5.74, 6) is 0.838. The predicted molar refractivity (Wildman–Crippen MR) is 155 cm³/mol. The molecular weight excluding hydrogens is 492 g/mol. The van der Waals surface area contributed by atoms with Crippen molar-refractivity contribution in [1.82, 2.24) is 20.2 Å². The molecule has 0 aliphatic heterocycles. The fraction of sp³-hybridized carbons (Fsp3) is 0.387. The van der Waals surface area contributed by atoms with Crippen LogP contribution in [0.5, 0.6) is 0 Å². The Bertz CT molecular complexity index is 1340. The molecule has 4 aromatic rings. The van der Waals surface area contributed by atoms with Gasteiger partial charge in [0.2, 0.25) is 5.91 Å². The molecule has 0 bridgehead atoms. The smallest absolute Gasteiger partial charge is 0.252 e. The van der Waals surface area contributed by atoms with E-state index in [0.29, 0.717) is 24.6 Å². The molecule has 6 nitrogen and oxygen atoms in total. The fourth-order valence-corrected chi connectivity index (χ4v) is 5.60. The third kappa shape index (κ3) is 6.70. The minimum atomic E-state index is -0.613. The van der Waals surface area contributed by atoms with Crippen LogP contribution >= 0.6 is 11.3 Å². The maximum absolute atomic E-state index is 13.3. The highest BCUT2D eigenvalue weighted by Gasteiger charge is 2.24. The summed E-state index contributed by atoms with van der Waals surface area (Å²) in [7, 11) is 0. The lowest BCUT2D eigenvalue weighted by atomic mass is 10.0. The van der Waals surface area contributed by atoms with Gasteiger partial charge in [0, 0.05) is 29.4 Å². The highest BCUT2D eigenvalue weighted by atomic mass is 32.1. The van der Waals surface area contributed by atoms with Crippen LogP contribution in [-0.4, -0.2) is 27.4 Å². The summed E-state index contributed by atoms with van der Waals surface area (Å²) in [6, 6.07) is 19.4. The van der Waals surface area contributed by atoms with Gasteiger partial charge in [-0.15, -0.1) is 11.3 Å². The molecule has 1 unspecified atom stereocenters. The van der Waals surface area contributed by atoms with Crippen molar-refractivity contribution in [3.63, 3.8) is 0 Å². The molecule has 0 aliphatic carbocycles. The first-order valence-corrected chi connectivity index (χ1v) is 14.4. The van der Waals surface area contributed by atoms with Crippen molar-refractivity contribution in [2.24, 2.45) is 5.92 Å². The fourth-order valence-electron chi connectivity index (χ4n) is 4.90. The Kier molecular flexibility index (Phi) is 9.34. The van der Waals surface area contributed by atoms with E-state index in [0.717, 1.165) is 41.7 Å². The molecule has 38 heavy (non-hydrogen) atoms. The molecule has 2 aromatic carbocycles. The number of carbonyl (C=O) groups is 2. The molecule has 7 heteroatoms. The van der Waals surface area contributed by atoms with E-state index >= 15 is 0 Å². The molecule has 2 N–H and O–H groups in total. The van der Waals surface area contributed by atoms with Gasteiger partial charge in [0.05, 0.1) is 11.0 Å². The minimum absolute atomic E-state index is 0.173. The molecule has 2 amide bonds. The number of aromatic nitrogens is 2. The molecule has 0 radical (unpaired) electrons. The molecule has 0 spiro atoms. The van der Waals surface area contributed by atoms with Crippen molar-refractivity contribution in [2.45, 2.75) is 72.0 Å². The van der Waals surface area contributed by atoms with E-state index < -0.39 is 6.04 Å².